The third-order valence-electron chi connectivity index (χ3n) is 2.49. The molecule has 0 bridgehead atoms. The van der Waals surface area contributed by atoms with Gasteiger partial charge in [-0.25, -0.2) is 14.4 Å². The van der Waals surface area contributed by atoms with Gasteiger partial charge in [-0.3, -0.25) is 0 Å². The highest BCUT2D eigenvalue weighted by molar-refractivity contribution is 5.83. The Morgan fingerprint density at radius 2 is 1.89 bits per heavy atom. The van der Waals surface area contributed by atoms with Gasteiger partial charge in [0.15, 0.2) is 17.8 Å². The van der Waals surface area contributed by atoms with Crippen molar-refractivity contribution in [2.45, 2.75) is 24.7 Å². The molecule has 19 heavy (non-hydrogen) atoms. The molecule has 3 atom stereocenters. The second-order valence-corrected chi connectivity index (χ2v) is 3.85. The van der Waals surface area contributed by atoms with E-state index in [0.29, 0.717) is 0 Å². The standard InChI is InChI=1S/C10H14O9/c1-10(14)6(19-9(13)16-3)5(18-7(10)11)4-17-8(12)15-2/h5-6,14H,4H2,1-3H3/t5-,6-,10+/m1/s1. The maximum atomic E-state index is 11.4. The van der Waals surface area contributed by atoms with E-state index in [9.17, 15) is 19.5 Å². The maximum absolute atomic E-state index is 11.4. The van der Waals surface area contributed by atoms with Gasteiger partial charge >= 0.3 is 18.3 Å². The summed E-state index contributed by atoms with van der Waals surface area (Å²) in [5.41, 5.74) is -2.06. The number of aliphatic hydroxyl groups is 1. The van der Waals surface area contributed by atoms with Crippen molar-refractivity contribution < 1.29 is 43.2 Å². The van der Waals surface area contributed by atoms with Gasteiger partial charge in [0, 0.05) is 0 Å². The lowest BCUT2D eigenvalue weighted by Gasteiger charge is -2.23. The van der Waals surface area contributed by atoms with E-state index in [4.69, 9.17) is 9.47 Å². The van der Waals surface area contributed by atoms with Crippen LogP contribution in [0.15, 0.2) is 0 Å². The average molecular weight is 278 g/mol. The number of hydrogen-bond donors (Lipinski definition) is 1. The van der Waals surface area contributed by atoms with Crippen LogP contribution in [-0.2, 0) is 28.5 Å². The van der Waals surface area contributed by atoms with Crippen LogP contribution >= 0.6 is 0 Å². The smallest absolute Gasteiger partial charge is 0.452 e. The number of carbonyl (C=O) groups excluding carboxylic acids is 3. The third kappa shape index (κ3) is 3.25. The van der Waals surface area contributed by atoms with Crippen molar-refractivity contribution in [2.24, 2.45) is 0 Å². The number of rotatable bonds is 3. The predicted molar refractivity (Wildman–Crippen MR) is 56.1 cm³/mol. The van der Waals surface area contributed by atoms with Crippen LogP contribution in [0.1, 0.15) is 6.92 Å². The number of methoxy groups -OCH3 is 2. The molecule has 1 N–H and O–H groups in total. The Kier molecular flexibility index (Phi) is 4.54. The molecule has 0 unspecified atom stereocenters. The third-order valence-corrected chi connectivity index (χ3v) is 2.49. The normalized spacial score (nSPS) is 29.4. The Balaban J connectivity index is 2.75. The van der Waals surface area contributed by atoms with E-state index in [1.807, 2.05) is 0 Å². The molecule has 1 heterocycles. The Labute approximate surface area is 108 Å². The van der Waals surface area contributed by atoms with Crippen LogP contribution in [0.25, 0.3) is 0 Å². The number of esters is 1. The quantitative estimate of drug-likeness (QED) is 0.543. The molecule has 0 radical (unpaired) electrons. The first-order valence-electron chi connectivity index (χ1n) is 5.21. The Bertz CT molecular complexity index is 375. The van der Waals surface area contributed by atoms with Crippen molar-refractivity contribution in [1.29, 1.82) is 0 Å². The fraction of sp³-hybridized carbons (Fsp3) is 0.700. The summed E-state index contributed by atoms with van der Waals surface area (Å²) >= 11 is 0. The minimum Gasteiger partial charge on any atom is -0.452 e. The number of hydrogen-bond acceptors (Lipinski definition) is 9. The SMILES string of the molecule is COC(=O)OC[C@H]1OC(=O)[C@@](C)(O)[C@@H]1OC(=O)OC. The lowest BCUT2D eigenvalue weighted by Crippen LogP contribution is -2.47. The van der Waals surface area contributed by atoms with Crippen molar-refractivity contribution in [2.75, 3.05) is 20.8 Å². The first-order valence-corrected chi connectivity index (χ1v) is 5.21. The second kappa shape index (κ2) is 5.74. The minimum atomic E-state index is -2.06. The summed E-state index contributed by atoms with van der Waals surface area (Å²) in [6, 6.07) is 0. The fourth-order valence-corrected chi connectivity index (χ4v) is 1.47. The highest BCUT2D eigenvalue weighted by atomic mass is 16.8. The summed E-state index contributed by atoms with van der Waals surface area (Å²) in [4.78, 5) is 33.3. The van der Waals surface area contributed by atoms with Gasteiger partial charge in [-0.15, -0.1) is 0 Å². The van der Waals surface area contributed by atoms with Crippen LogP contribution in [0, 0.1) is 0 Å². The van der Waals surface area contributed by atoms with Gasteiger partial charge in [-0.05, 0) is 6.92 Å². The van der Waals surface area contributed by atoms with Gasteiger partial charge in [-0.1, -0.05) is 0 Å². The topological polar surface area (TPSA) is 118 Å². The summed E-state index contributed by atoms with van der Waals surface area (Å²) in [5, 5.41) is 9.88. The van der Waals surface area contributed by atoms with E-state index in [1.54, 1.807) is 0 Å². The van der Waals surface area contributed by atoms with E-state index in [-0.39, 0.29) is 0 Å². The van der Waals surface area contributed by atoms with Crippen molar-refractivity contribution >= 4 is 18.3 Å². The van der Waals surface area contributed by atoms with Crippen LogP contribution in [0.3, 0.4) is 0 Å². The van der Waals surface area contributed by atoms with Crippen molar-refractivity contribution in [3.05, 3.63) is 0 Å². The molecule has 1 fully saturated rings. The van der Waals surface area contributed by atoms with Gasteiger partial charge in [0.2, 0.25) is 0 Å². The molecular weight excluding hydrogens is 264 g/mol. The Hall–Kier alpha value is -2.03. The summed E-state index contributed by atoms with van der Waals surface area (Å²) in [7, 11) is 2.16. The van der Waals surface area contributed by atoms with Crippen LogP contribution in [-0.4, -0.2) is 62.0 Å². The molecule has 1 rings (SSSR count). The molecule has 0 aliphatic carbocycles. The summed E-state index contributed by atoms with van der Waals surface area (Å²) in [6.45, 7) is 0.678. The Morgan fingerprint density at radius 3 is 2.42 bits per heavy atom. The van der Waals surface area contributed by atoms with E-state index in [1.165, 1.54) is 0 Å². The van der Waals surface area contributed by atoms with Gasteiger partial charge in [0.1, 0.15) is 6.61 Å². The van der Waals surface area contributed by atoms with Gasteiger partial charge < -0.3 is 28.8 Å². The molecule has 0 spiro atoms. The average Bonchev–Trinajstić information content (AvgIpc) is 2.59. The molecule has 0 aromatic rings. The van der Waals surface area contributed by atoms with E-state index < -0.39 is 42.7 Å². The molecule has 0 saturated carbocycles. The number of cyclic esters (lactones) is 1. The zero-order chi connectivity index (χ0) is 14.6. The minimum absolute atomic E-state index is 0.434. The molecule has 108 valence electrons. The van der Waals surface area contributed by atoms with E-state index >= 15 is 0 Å². The Morgan fingerprint density at radius 1 is 1.32 bits per heavy atom. The fourth-order valence-electron chi connectivity index (χ4n) is 1.47. The molecule has 0 aromatic heterocycles. The van der Waals surface area contributed by atoms with Crippen LogP contribution in [0.4, 0.5) is 9.59 Å². The van der Waals surface area contributed by atoms with Gasteiger partial charge in [0.25, 0.3) is 0 Å². The summed E-state index contributed by atoms with van der Waals surface area (Å²) < 4.78 is 22.6. The molecule has 1 saturated heterocycles. The highest BCUT2D eigenvalue weighted by Crippen LogP contribution is 2.29. The van der Waals surface area contributed by atoms with E-state index in [2.05, 4.69) is 14.2 Å². The van der Waals surface area contributed by atoms with Crippen LogP contribution in [0.5, 0.6) is 0 Å². The summed E-state index contributed by atoms with van der Waals surface area (Å²) in [6.07, 6.45) is -4.62. The molecule has 9 nitrogen and oxygen atoms in total. The summed E-state index contributed by atoms with van der Waals surface area (Å²) in [5.74, 6) is -1.00. The van der Waals surface area contributed by atoms with Crippen molar-refractivity contribution in [3.8, 4) is 0 Å². The van der Waals surface area contributed by atoms with Crippen LogP contribution < -0.4 is 0 Å². The largest absolute Gasteiger partial charge is 0.508 e. The van der Waals surface area contributed by atoms with Gasteiger partial charge in [-0.2, -0.15) is 0 Å². The zero-order valence-corrected chi connectivity index (χ0v) is 10.6. The molecular formula is C10H14O9. The monoisotopic (exact) mass is 278 g/mol. The molecule has 1 aliphatic heterocycles. The predicted octanol–water partition coefficient (Wildman–Crippen LogP) is -0.403. The maximum Gasteiger partial charge on any atom is 0.508 e. The zero-order valence-electron chi connectivity index (χ0n) is 10.6. The lowest BCUT2D eigenvalue weighted by atomic mass is 9.98. The first kappa shape index (κ1) is 15.0. The lowest BCUT2D eigenvalue weighted by molar-refractivity contribution is -0.155. The molecule has 0 amide bonds. The van der Waals surface area contributed by atoms with Crippen molar-refractivity contribution in [3.63, 3.8) is 0 Å². The van der Waals surface area contributed by atoms with Gasteiger partial charge in [0.05, 0.1) is 14.2 Å². The molecule has 9 heteroatoms. The number of ether oxygens (including phenoxy) is 5. The second-order valence-electron chi connectivity index (χ2n) is 3.85. The highest BCUT2D eigenvalue weighted by Gasteiger charge is 2.56. The van der Waals surface area contributed by atoms with Crippen molar-refractivity contribution in [1.82, 2.24) is 0 Å². The first-order chi connectivity index (χ1) is 8.82. The molecule has 0 aromatic carbocycles. The van der Waals surface area contributed by atoms with E-state index in [0.717, 1.165) is 21.1 Å². The molecule has 1 aliphatic rings. The van der Waals surface area contributed by atoms with Crippen LogP contribution in [0.2, 0.25) is 0 Å². The number of carbonyl (C=O) groups is 3.